The van der Waals surface area contributed by atoms with Crippen LogP contribution in [0.3, 0.4) is 0 Å². The molecule has 0 radical (unpaired) electrons. The van der Waals surface area contributed by atoms with E-state index in [1.54, 1.807) is 30.5 Å². The van der Waals surface area contributed by atoms with Crippen molar-refractivity contribution in [3.63, 3.8) is 0 Å². The maximum Gasteiger partial charge on any atom is 0.258 e. The van der Waals surface area contributed by atoms with Gasteiger partial charge < -0.3 is 35.9 Å². The van der Waals surface area contributed by atoms with Crippen LogP contribution in [0.15, 0.2) is 60.8 Å². The number of imidazole rings is 1. The summed E-state index contributed by atoms with van der Waals surface area (Å²) in [5, 5.41) is 11.1. The van der Waals surface area contributed by atoms with Crippen molar-refractivity contribution < 1.29 is 28.7 Å². The second-order valence-electron chi connectivity index (χ2n) is 11.7. The molecule has 242 valence electrons. The number of amides is 5. The van der Waals surface area contributed by atoms with Gasteiger partial charge in [-0.05, 0) is 49.9 Å². The summed E-state index contributed by atoms with van der Waals surface area (Å²) in [5.41, 5.74) is 2.43. The molecule has 4 atom stereocenters. The zero-order chi connectivity index (χ0) is 32.6. The standard InChI is InChI=1S/C33H39N7O6/c1-20-17-34-28(36-20)18-35-31(43)25-15-23-10-12-24(13-11-23)46-19-29(41)38-26(16-22-7-4-3-5-8-22)33(45)40-14-6-9-27(40)32(44)37-21(2)30(42)39-25/h3-5,7-8,10-13,17,21,25-27H,6,9,14-16,18-19H2,1-2H3,(H,34,36)(H,35,43)(H,37,44)(H,38,41)(H,39,42)/t21-,25+,26+,27+/m0/s1. The van der Waals surface area contributed by atoms with Crippen LogP contribution in [0, 0.1) is 6.92 Å². The fourth-order valence-electron chi connectivity index (χ4n) is 5.63. The van der Waals surface area contributed by atoms with Crippen LogP contribution in [0.1, 0.15) is 42.4 Å². The summed E-state index contributed by atoms with van der Waals surface area (Å²) in [5.74, 6) is -1.35. The average molecular weight is 630 g/mol. The SMILES string of the molecule is Cc1cnc(CNC(=O)[C@H]2Cc3ccc(cc3)OCC(=O)N[C@H](Cc3ccccc3)C(=O)N3CCC[C@@H]3C(=O)N[C@@H](C)C(=O)N2)[nH]1. The molecule has 4 heterocycles. The van der Waals surface area contributed by atoms with Crippen molar-refractivity contribution in [3.8, 4) is 5.75 Å². The van der Waals surface area contributed by atoms with Crippen LogP contribution in [0.4, 0.5) is 0 Å². The Bertz CT molecular complexity index is 1560. The van der Waals surface area contributed by atoms with Gasteiger partial charge in [-0.3, -0.25) is 24.0 Å². The molecule has 3 aliphatic heterocycles. The molecule has 6 rings (SSSR count). The van der Waals surface area contributed by atoms with E-state index in [0.717, 1.165) is 16.8 Å². The molecule has 0 aliphatic carbocycles. The van der Waals surface area contributed by atoms with Gasteiger partial charge in [0.1, 0.15) is 35.7 Å². The highest BCUT2D eigenvalue weighted by Crippen LogP contribution is 2.20. The number of fused-ring (bicyclic) bond motifs is 13. The van der Waals surface area contributed by atoms with Gasteiger partial charge in [-0.2, -0.15) is 0 Å². The Morgan fingerprint density at radius 2 is 1.76 bits per heavy atom. The molecule has 1 aromatic heterocycles. The monoisotopic (exact) mass is 629 g/mol. The number of aromatic nitrogens is 2. The second-order valence-corrected chi connectivity index (χ2v) is 11.7. The topological polar surface area (TPSA) is 175 Å². The Morgan fingerprint density at radius 3 is 2.48 bits per heavy atom. The normalized spacial score (nSPS) is 22.8. The van der Waals surface area contributed by atoms with Crippen molar-refractivity contribution in [2.75, 3.05) is 13.2 Å². The maximum atomic E-state index is 13.8. The Kier molecular flexibility index (Phi) is 10.3. The van der Waals surface area contributed by atoms with Crippen molar-refractivity contribution in [2.45, 2.75) is 70.2 Å². The number of benzene rings is 2. The van der Waals surface area contributed by atoms with Gasteiger partial charge in [-0.25, -0.2) is 4.98 Å². The lowest BCUT2D eigenvalue weighted by Gasteiger charge is -2.29. The fourth-order valence-corrected chi connectivity index (χ4v) is 5.63. The highest BCUT2D eigenvalue weighted by atomic mass is 16.5. The largest absolute Gasteiger partial charge is 0.484 e. The summed E-state index contributed by atoms with van der Waals surface area (Å²) >= 11 is 0. The summed E-state index contributed by atoms with van der Waals surface area (Å²) in [7, 11) is 0. The number of ether oxygens (including phenoxy) is 1. The van der Waals surface area contributed by atoms with Crippen LogP contribution in [0.5, 0.6) is 5.75 Å². The molecule has 13 heteroatoms. The number of aryl methyl sites for hydroxylation is 1. The third kappa shape index (κ3) is 8.29. The van der Waals surface area contributed by atoms with Crippen molar-refractivity contribution in [1.82, 2.24) is 36.1 Å². The first-order valence-electron chi connectivity index (χ1n) is 15.4. The van der Waals surface area contributed by atoms with Crippen LogP contribution < -0.4 is 26.0 Å². The van der Waals surface area contributed by atoms with E-state index < -0.39 is 53.7 Å². The van der Waals surface area contributed by atoms with E-state index in [1.807, 2.05) is 37.3 Å². The van der Waals surface area contributed by atoms with Crippen molar-refractivity contribution in [1.29, 1.82) is 0 Å². The number of carbonyl (C=O) groups excluding carboxylic acids is 5. The van der Waals surface area contributed by atoms with E-state index >= 15 is 0 Å². The molecule has 3 aromatic rings. The minimum absolute atomic E-state index is 0.136. The van der Waals surface area contributed by atoms with Gasteiger partial charge in [0.2, 0.25) is 23.6 Å². The highest BCUT2D eigenvalue weighted by molar-refractivity contribution is 5.96. The fraction of sp³-hybridized carbons (Fsp3) is 0.394. The van der Waals surface area contributed by atoms with E-state index in [9.17, 15) is 24.0 Å². The van der Waals surface area contributed by atoms with Crippen molar-refractivity contribution in [2.24, 2.45) is 0 Å². The highest BCUT2D eigenvalue weighted by Gasteiger charge is 2.38. The Morgan fingerprint density at radius 1 is 1.00 bits per heavy atom. The summed E-state index contributed by atoms with van der Waals surface area (Å²) < 4.78 is 5.71. The van der Waals surface area contributed by atoms with Crippen LogP contribution in [-0.4, -0.2) is 81.7 Å². The summed E-state index contributed by atoms with van der Waals surface area (Å²) in [6, 6.07) is 12.4. The molecule has 2 bridgehead atoms. The Balaban J connectivity index is 1.37. The molecular formula is C33H39N7O6. The summed E-state index contributed by atoms with van der Waals surface area (Å²) in [4.78, 5) is 75.6. The van der Waals surface area contributed by atoms with E-state index in [-0.39, 0.29) is 26.0 Å². The summed E-state index contributed by atoms with van der Waals surface area (Å²) in [6.45, 7) is 3.52. The molecular weight excluding hydrogens is 590 g/mol. The number of H-pyrrole nitrogens is 1. The van der Waals surface area contributed by atoms with Crippen LogP contribution in [-0.2, 0) is 43.4 Å². The van der Waals surface area contributed by atoms with Gasteiger partial charge >= 0.3 is 0 Å². The minimum atomic E-state index is -0.995. The lowest BCUT2D eigenvalue weighted by molar-refractivity contribution is -0.142. The molecule has 1 fully saturated rings. The van der Waals surface area contributed by atoms with Gasteiger partial charge in [-0.15, -0.1) is 0 Å². The number of rotatable bonds is 5. The van der Waals surface area contributed by atoms with E-state index in [0.29, 0.717) is 31.0 Å². The number of hydrogen-bond acceptors (Lipinski definition) is 7. The van der Waals surface area contributed by atoms with Gasteiger partial charge in [0.25, 0.3) is 5.91 Å². The predicted molar refractivity (Wildman–Crippen MR) is 167 cm³/mol. The van der Waals surface area contributed by atoms with Gasteiger partial charge in [0.15, 0.2) is 6.61 Å². The van der Waals surface area contributed by atoms with E-state index in [4.69, 9.17) is 4.74 Å². The quantitative estimate of drug-likeness (QED) is 0.276. The molecule has 0 unspecified atom stereocenters. The van der Waals surface area contributed by atoms with Crippen LogP contribution in [0.2, 0.25) is 0 Å². The number of hydrogen-bond donors (Lipinski definition) is 5. The van der Waals surface area contributed by atoms with Crippen LogP contribution >= 0.6 is 0 Å². The first-order valence-corrected chi connectivity index (χ1v) is 15.4. The number of nitrogens with one attached hydrogen (secondary N) is 5. The molecule has 0 saturated carbocycles. The van der Waals surface area contributed by atoms with Gasteiger partial charge in [-0.1, -0.05) is 42.5 Å². The zero-order valence-corrected chi connectivity index (χ0v) is 25.9. The molecule has 46 heavy (non-hydrogen) atoms. The predicted octanol–water partition coefficient (Wildman–Crippen LogP) is 0.677. The molecule has 5 N–H and O–H groups in total. The van der Waals surface area contributed by atoms with Gasteiger partial charge in [0.05, 0.1) is 6.54 Å². The van der Waals surface area contributed by atoms with Crippen molar-refractivity contribution in [3.05, 3.63) is 83.4 Å². The number of nitrogens with zero attached hydrogens (tertiary/aromatic N) is 2. The average Bonchev–Trinajstić information content (AvgIpc) is 3.71. The Labute approximate surface area is 266 Å². The molecule has 5 amide bonds. The van der Waals surface area contributed by atoms with E-state index in [2.05, 4.69) is 31.2 Å². The minimum Gasteiger partial charge on any atom is -0.484 e. The molecule has 3 aliphatic rings. The lowest BCUT2D eigenvalue weighted by Crippen LogP contribution is -2.57. The molecule has 1 saturated heterocycles. The number of carbonyl (C=O) groups is 5. The maximum absolute atomic E-state index is 13.8. The molecule has 2 aromatic carbocycles. The first-order chi connectivity index (χ1) is 22.2. The third-order valence-electron chi connectivity index (χ3n) is 8.06. The first kappa shape index (κ1) is 32.2. The van der Waals surface area contributed by atoms with Crippen LogP contribution in [0.25, 0.3) is 0 Å². The summed E-state index contributed by atoms with van der Waals surface area (Å²) in [6.07, 6.45) is 3.04. The smallest absolute Gasteiger partial charge is 0.258 e. The number of aromatic amines is 1. The molecule has 13 nitrogen and oxygen atoms in total. The van der Waals surface area contributed by atoms with Crippen molar-refractivity contribution >= 4 is 29.5 Å². The Hall–Kier alpha value is -5.20. The van der Waals surface area contributed by atoms with Gasteiger partial charge in [0, 0.05) is 31.3 Å². The third-order valence-corrected chi connectivity index (χ3v) is 8.06. The molecule has 0 spiro atoms. The zero-order valence-electron chi connectivity index (χ0n) is 25.9. The lowest BCUT2D eigenvalue weighted by atomic mass is 10.0. The second kappa shape index (κ2) is 14.7. The van der Waals surface area contributed by atoms with E-state index in [1.165, 1.54) is 11.8 Å².